The van der Waals surface area contributed by atoms with E-state index < -0.39 is 30.3 Å². The number of benzene rings is 2. The Bertz CT molecular complexity index is 1140. The molecule has 218 valence electrons. The van der Waals surface area contributed by atoms with Gasteiger partial charge in [-0.1, -0.05) is 145 Å². The van der Waals surface area contributed by atoms with E-state index in [0.29, 0.717) is 16.6 Å². The second-order valence-corrected chi connectivity index (χ2v) is 27.1. The van der Waals surface area contributed by atoms with Gasteiger partial charge < -0.3 is 8.85 Å². The molecule has 0 fully saturated rings. The molecule has 0 radical (unpaired) electrons. The highest BCUT2D eigenvalue weighted by atomic mass is 28.4. The molecule has 1 aliphatic carbocycles. The Morgan fingerprint density at radius 2 is 1.30 bits per heavy atom. The highest BCUT2D eigenvalue weighted by Gasteiger charge is 2.53. The van der Waals surface area contributed by atoms with Crippen LogP contribution in [0.25, 0.3) is 0 Å². The first kappa shape index (κ1) is 32.7. The Hall–Kier alpha value is -1.77. The molecular formula is C35H54O2Si3. The van der Waals surface area contributed by atoms with Crippen LogP contribution in [0.4, 0.5) is 0 Å². The standard InChI is InChI=1S/C35H54O2Si3/c1-29(2)40(30(3)4,31(5)6)37-35(26-18-13-19-27-35)34(38(7,8)32-21-14-11-15-22-32)25-20-28-36-39(9,10)33-23-16-12-17-24-33/h11-19,21-26,29-31H,20,27-28H2,1-10H3/b34-25-. The maximum Gasteiger partial charge on any atom is 0.218 e. The van der Waals surface area contributed by atoms with E-state index in [1.54, 1.807) is 0 Å². The van der Waals surface area contributed by atoms with Crippen molar-refractivity contribution in [3.05, 3.63) is 96.2 Å². The lowest BCUT2D eigenvalue weighted by molar-refractivity contribution is 0.139. The third-order valence-electron chi connectivity index (χ3n) is 9.12. The summed E-state index contributed by atoms with van der Waals surface area (Å²) in [4.78, 5) is 0. The Balaban J connectivity index is 2.08. The van der Waals surface area contributed by atoms with E-state index in [1.807, 2.05) is 0 Å². The van der Waals surface area contributed by atoms with Gasteiger partial charge in [-0.3, -0.25) is 0 Å². The first-order valence-corrected chi connectivity index (χ1v) is 23.3. The molecule has 3 rings (SSSR count). The smallest absolute Gasteiger partial charge is 0.218 e. The zero-order valence-corrected chi connectivity index (χ0v) is 29.8. The van der Waals surface area contributed by atoms with Gasteiger partial charge in [0.05, 0.1) is 5.60 Å². The van der Waals surface area contributed by atoms with E-state index in [0.717, 1.165) is 19.4 Å². The lowest BCUT2D eigenvalue weighted by Gasteiger charge is -2.52. The van der Waals surface area contributed by atoms with Gasteiger partial charge in [0.2, 0.25) is 16.6 Å². The van der Waals surface area contributed by atoms with E-state index in [2.05, 4.69) is 159 Å². The van der Waals surface area contributed by atoms with Crippen LogP contribution in [0.3, 0.4) is 0 Å². The van der Waals surface area contributed by atoms with Crippen molar-refractivity contribution in [1.29, 1.82) is 0 Å². The molecule has 0 spiro atoms. The van der Waals surface area contributed by atoms with Gasteiger partial charge >= 0.3 is 0 Å². The second-order valence-electron chi connectivity index (χ2n) is 13.4. The minimum Gasteiger partial charge on any atom is -0.413 e. The van der Waals surface area contributed by atoms with Gasteiger partial charge in [0, 0.05) is 13.0 Å². The average molecular weight is 591 g/mol. The summed E-state index contributed by atoms with van der Waals surface area (Å²) < 4.78 is 14.5. The highest BCUT2D eigenvalue weighted by Crippen LogP contribution is 2.49. The van der Waals surface area contributed by atoms with Crippen LogP contribution in [0.15, 0.2) is 96.2 Å². The molecular weight excluding hydrogens is 537 g/mol. The Labute approximate surface area is 248 Å². The molecule has 0 N–H and O–H groups in total. The van der Waals surface area contributed by atoms with Gasteiger partial charge in [-0.15, -0.1) is 0 Å². The highest BCUT2D eigenvalue weighted by molar-refractivity contribution is 6.96. The largest absolute Gasteiger partial charge is 0.413 e. The Kier molecular flexibility index (Phi) is 11.0. The minimum atomic E-state index is -2.18. The third kappa shape index (κ3) is 6.99. The molecule has 1 aliphatic rings. The number of rotatable bonds is 13. The van der Waals surface area contributed by atoms with Gasteiger partial charge in [-0.2, -0.15) is 0 Å². The first-order valence-electron chi connectivity index (χ1n) is 15.3. The van der Waals surface area contributed by atoms with E-state index >= 15 is 0 Å². The normalized spacial score (nSPS) is 18.8. The number of hydrogen-bond donors (Lipinski definition) is 0. The summed E-state index contributed by atoms with van der Waals surface area (Å²) in [5.74, 6) is 0. The molecule has 2 nitrogen and oxygen atoms in total. The summed E-state index contributed by atoms with van der Waals surface area (Å²) >= 11 is 0. The predicted molar refractivity (Wildman–Crippen MR) is 184 cm³/mol. The van der Waals surface area contributed by atoms with Crippen molar-refractivity contribution >= 4 is 35.1 Å². The monoisotopic (exact) mass is 590 g/mol. The first-order chi connectivity index (χ1) is 18.8. The fraction of sp³-hybridized carbons (Fsp3) is 0.486. The fourth-order valence-electron chi connectivity index (χ4n) is 7.01. The van der Waals surface area contributed by atoms with Crippen molar-refractivity contribution in [2.45, 2.75) is 103 Å². The minimum absolute atomic E-state index is 0.419. The summed E-state index contributed by atoms with van der Waals surface area (Å²) in [6, 6.07) is 21.9. The van der Waals surface area contributed by atoms with Crippen molar-refractivity contribution < 1.29 is 8.85 Å². The van der Waals surface area contributed by atoms with Crippen molar-refractivity contribution in [3.8, 4) is 0 Å². The molecule has 1 unspecified atom stereocenters. The molecule has 0 saturated carbocycles. The van der Waals surface area contributed by atoms with Crippen molar-refractivity contribution in [2.24, 2.45) is 0 Å². The van der Waals surface area contributed by atoms with Crippen LogP contribution in [-0.4, -0.2) is 36.9 Å². The summed E-state index contributed by atoms with van der Waals surface area (Å²) in [5, 5.41) is 4.30. The maximum absolute atomic E-state index is 7.82. The summed E-state index contributed by atoms with van der Waals surface area (Å²) in [7, 11) is -6.25. The summed E-state index contributed by atoms with van der Waals surface area (Å²) in [6.45, 7) is 24.8. The third-order valence-corrected chi connectivity index (χ3v) is 21.7. The molecule has 0 saturated heterocycles. The lowest BCUT2D eigenvalue weighted by atomic mass is 9.94. The molecule has 0 aromatic heterocycles. The molecule has 0 aliphatic heterocycles. The van der Waals surface area contributed by atoms with Crippen LogP contribution < -0.4 is 10.4 Å². The summed E-state index contributed by atoms with van der Waals surface area (Å²) in [6.07, 6.45) is 13.5. The van der Waals surface area contributed by atoms with Gasteiger partial charge in [-0.25, -0.2) is 0 Å². The zero-order valence-electron chi connectivity index (χ0n) is 26.8. The summed E-state index contributed by atoms with van der Waals surface area (Å²) in [5.41, 5.74) is 1.14. The van der Waals surface area contributed by atoms with Crippen LogP contribution in [-0.2, 0) is 8.85 Å². The predicted octanol–water partition coefficient (Wildman–Crippen LogP) is 9.03. The molecule has 0 heterocycles. The van der Waals surface area contributed by atoms with Crippen LogP contribution in [0.5, 0.6) is 0 Å². The van der Waals surface area contributed by atoms with Crippen LogP contribution >= 0.6 is 0 Å². The van der Waals surface area contributed by atoms with Crippen LogP contribution in [0.2, 0.25) is 42.8 Å². The number of hydrogen-bond acceptors (Lipinski definition) is 2. The molecule has 1 atom stereocenters. The van der Waals surface area contributed by atoms with Gasteiger partial charge in [0.1, 0.15) is 8.07 Å². The molecule has 0 bridgehead atoms. The Morgan fingerprint density at radius 1 is 0.775 bits per heavy atom. The SMILES string of the molecule is CC(C)[Si](OC1(/C(=C/CCO[Si](C)(C)c2ccccc2)[Si](C)(C)c2ccccc2)C=CC=CC1)(C(C)C)C(C)C. The van der Waals surface area contributed by atoms with E-state index in [9.17, 15) is 0 Å². The van der Waals surface area contributed by atoms with Gasteiger partial charge in [0.25, 0.3) is 0 Å². The molecule has 2 aromatic carbocycles. The van der Waals surface area contributed by atoms with E-state index in [1.165, 1.54) is 15.6 Å². The fourth-order valence-corrected chi connectivity index (χ4v) is 17.8. The molecule has 5 heteroatoms. The van der Waals surface area contributed by atoms with Crippen molar-refractivity contribution in [3.63, 3.8) is 0 Å². The van der Waals surface area contributed by atoms with Crippen molar-refractivity contribution in [2.75, 3.05) is 6.61 Å². The zero-order chi connectivity index (χ0) is 29.6. The second kappa shape index (κ2) is 13.5. The van der Waals surface area contributed by atoms with E-state index in [4.69, 9.17) is 8.85 Å². The van der Waals surface area contributed by atoms with Gasteiger partial charge in [0.15, 0.2) is 0 Å². The molecule has 2 aromatic rings. The van der Waals surface area contributed by atoms with Crippen LogP contribution in [0.1, 0.15) is 54.4 Å². The quantitative estimate of drug-likeness (QED) is 0.171. The molecule has 40 heavy (non-hydrogen) atoms. The topological polar surface area (TPSA) is 18.5 Å². The average Bonchev–Trinajstić information content (AvgIpc) is 2.92. The van der Waals surface area contributed by atoms with Crippen molar-refractivity contribution in [1.82, 2.24) is 0 Å². The molecule has 0 amide bonds. The van der Waals surface area contributed by atoms with E-state index in [-0.39, 0.29) is 0 Å². The van der Waals surface area contributed by atoms with Gasteiger partial charge in [-0.05, 0) is 52.6 Å². The Morgan fingerprint density at radius 3 is 1.77 bits per heavy atom. The number of allylic oxidation sites excluding steroid dienone is 2. The van der Waals surface area contributed by atoms with Crippen LogP contribution in [0, 0.1) is 0 Å². The maximum atomic E-state index is 7.82. The lowest BCUT2D eigenvalue weighted by Crippen LogP contribution is -2.59.